The van der Waals surface area contributed by atoms with Gasteiger partial charge >= 0.3 is 0 Å². The van der Waals surface area contributed by atoms with Crippen molar-refractivity contribution in [1.82, 2.24) is 14.3 Å². The molecule has 5 rings (SSSR count). The lowest BCUT2D eigenvalue weighted by molar-refractivity contribution is 0.102. The first-order valence-corrected chi connectivity index (χ1v) is 17.3. The van der Waals surface area contributed by atoms with Gasteiger partial charge in [0.05, 0.1) is 16.1 Å². The Hall–Kier alpha value is -2.46. The van der Waals surface area contributed by atoms with E-state index in [1.54, 1.807) is 24.3 Å². The Morgan fingerprint density at radius 1 is 0.951 bits per heavy atom. The van der Waals surface area contributed by atoms with Gasteiger partial charge in [-0.2, -0.15) is 4.31 Å². The van der Waals surface area contributed by atoms with Crippen LogP contribution in [0.15, 0.2) is 64.8 Å². The predicted octanol–water partition coefficient (Wildman–Crippen LogP) is 7.64. The number of carbonyl (C=O) groups excluding carboxylic acids is 1. The number of nitrogens with zero attached hydrogens (tertiary/aromatic N) is 3. The average molecular weight is 613 g/mol. The Kier molecular flexibility index (Phi) is 10.0. The molecule has 0 unspecified atom stereocenters. The number of nitrogens with one attached hydrogen (secondary N) is 1. The number of aryl methyl sites for hydroxylation is 1. The Bertz CT molecular complexity index is 1440. The number of anilines is 1. The maximum Gasteiger partial charge on any atom is 0.275 e. The van der Waals surface area contributed by atoms with E-state index in [1.807, 2.05) is 16.4 Å². The molecule has 2 aromatic carbocycles. The third-order valence-electron chi connectivity index (χ3n) is 8.11. The van der Waals surface area contributed by atoms with Gasteiger partial charge in [0, 0.05) is 23.5 Å². The molecule has 1 N–H and O–H groups in total. The van der Waals surface area contributed by atoms with E-state index in [1.165, 1.54) is 41.9 Å². The summed E-state index contributed by atoms with van der Waals surface area (Å²) >= 11 is 7.72. The van der Waals surface area contributed by atoms with Gasteiger partial charge in [-0.1, -0.05) is 86.2 Å². The van der Waals surface area contributed by atoms with Crippen molar-refractivity contribution in [1.29, 1.82) is 0 Å². The molecule has 1 aromatic heterocycles. The molecule has 0 atom stereocenters. The zero-order chi connectivity index (χ0) is 28.8. The first-order chi connectivity index (χ1) is 19.8. The minimum absolute atomic E-state index is 0.0639. The molecule has 1 amide bonds. The standard InChI is InChI=1S/C31H37ClN4O3S2/c1-22-10-8-9-11-23(22)21-40-31-33-20-28(32)29(35-31)30(37)34-24-16-18-27(19-17-24)41(38,39)36(25-12-4-2-5-13-25)26-14-6-3-7-15-26/h8-11,16-20,25-26H,2-7,12-15,21H2,1H3,(H,34,37). The van der Waals surface area contributed by atoms with Crippen molar-refractivity contribution in [2.75, 3.05) is 5.32 Å². The number of halogens is 1. The first kappa shape index (κ1) is 30.0. The lowest BCUT2D eigenvalue weighted by atomic mass is 9.91. The van der Waals surface area contributed by atoms with Crippen molar-refractivity contribution in [3.63, 3.8) is 0 Å². The topological polar surface area (TPSA) is 92.3 Å². The molecule has 1 heterocycles. The van der Waals surface area contributed by atoms with Crippen LogP contribution in [-0.4, -0.2) is 40.7 Å². The molecule has 2 fully saturated rings. The summed E-state index contributed by atoms with van der Waals surface area (Å²) in [7, 11) is -3.67. The quantitative estimate of drug-likeness (QED) is 0.197. The normalized spacial score (nSPS) is 17.0. The van der Waals surface area contributed by atoms with Crippen molar-refractivity contribution in [2.45, 2.75) is 99.0 Å². The highest BCUT2D eigenvalue weighted by Gasteiger charge is 2.38. The number of aromatic nitrogens is 2. The van der Waals surface area contributed by atoms with Crippen LogP contribution in [0.2, 0.25) is 5.02 Å². The number of hydrogen-bond acceptors (Lipinski definition) is 6. The molecular formula is C31H37ClN4O3S2. The molecule has 2 aliphatic carbocycles. The minimum atomic E-state index is -3.67. The molecule has 2 saturated carbocycles. The third kappa shape index (κ3) is 7.31. The van der Waals surface area contributed by atoms with Gasteiger partial charge in [-0.3, -0.25) is 4.79 Å². The molecule has 0 aliphatic heterocycles. The van der Waals surface area contributed by atoms with Crippen LogP contribution in [-0.2, 0) is 15.8 Å². The van der Waals surface area contributed by atoms with E-state index in [0.717, 1.165) is 51.4 Å². The monoisotopic (exact) mass is 612 g/mol. The number of thioether (sulfide) groups is 1. The average Bonchev–Trinajstić information content (AvgIpc) is 2.99. The van der Waals surface area contributed by atoms with Crippen molar-refractivity contribution in [3.05, 3.63) is 76.6 Å². The van der Waals surface area contributed by atoms with Gasteiger partial charge in [-0.05, 0) is 68.0 Å². The number of sulfonamides is 1. The van der Waals surface area contributed by atoms with Crippen molar-refractivity contribution in [3.8, 4) is 0 Å². The Morgan fingerprint density at radius 3 is 2.17 bits per heavy atom. The lowest BCUT2D eigenvalue weighted by Crippen LogP contribution is -2.48. The fourth-order valence-corrected chi connectivity index (χ4v) is 8.88. The van der Waals surface area contributed by atoms with Gasteiger partial charge < -0.3 is 5.32 Å². The SMILES string of the molecule is Cc1ccccc1CSc1ncc(Cl)c(C(=O)Nc2ccc(S(=O)(=O)N(C3CCCCC3)C3CCCCC3)cc2)n1. The molecule has 0 radical (unpaired) electrons. The summed E-state index contributed by atoms with van der Waals surface area (Å²) in [4.78, 5) is 22.0. The molecule has 2 aliphatic rings. The summed E-state index contributed by atoms with van der Waals surface area (Å²) in [5.41, 5.74) is 2.90. The highest BCUT2D eigenvalue weighted by Crippen LogP contribution is 2.35. The zero-order valence-electron chi connectivity index (χ0n) is 23.4. The Morgan fingerprint density at radius 2 is 1.56 bits per heavy atom. The van der Waals surface area contributed by atoms with Crippen molar-refractivity contribution < 1.29 is 13.2 Å². The van der Waals surface area contributed by atoms with E-state index in [-0.39, 0.29) is 27.7 Å². The van der Waals surface area contributed by atoms with E-state index in [4.69, 9.17) is 11.6 Å². The largest absolute Gasteiger partial charge is 0.321 e. The minimum Gasteiger partial charge on any atom is -0.321 e. The van der Waals surface area contributed by atoms with E-state index >= 15 is 0 Å². The van der Waals surface area contributed by atoms with Crippen LogP contribution in [0.4, 0.5) is 5.69 Å². The predicted molar refractivity (Wildman–Crippen MR) is 165 cm³/mol. The molecule has 0 spiro atoms. The van der Waals surface area contributed by atoms with Crippen molar-refractivity contribution >= 4 is 45.0 Å². The second kappa shape index (κ2) is 13.7. The highest BCUT2D eigenvalue weighted by atomic mass is 35.5. The van der Waals surface area contributed by atoms with E-state index in [2.05, 4.69) is 34.3 Å². The van der Waals surface area contributed by atoms with Gasteiger partial charge in [-0.15, -0.1) is 0 Å². The fraction of sp³-hybridized carbons (Fsp3) is 0.452. The summed E-state index contributed by atoms with van der Waals surface area (Å²) in [6, 6.07) is 14.7. The van der Waals surface area contributed by atoms with Crippen LogP contribution >= 0.6 is 23.4 Å². The third-order valence-corrected chi connectivity index (χ3v) is 11.3. The van der Waals surface area contributed by atoms with Crippen molar-refractivity contribution in [2.24, 2.45) is 0 Å². The maximum atomic E-state index is 14.0. The van der Waals surface area contributed by atoms with Gasteiger partial charge in [0.25, 0.3) is 5.91 Å². The molecule has 0 bridgehead atoms. The highest BCUT2D eigenvalue weighted by molar-refractivity contribution is 7.98. The number of rotatable bonds is 9. The summed E-state index contributed by atoms with van der Waals surface area (Å²) in [6.45, 7) is 2.05. The van der Waals surface area contributed by atoms with E-state index in [0.29, 0.717) is 16.6 Å². The molecule has 3 aromatic rings. The van der Waals surface area contributed by atoms with Crippen LogP contribution in [0.3, 0.4) is 0 Å². The first-order valence-electron chi connectivity index (χ1n) is 14.5. The number of carbonyl (C=O) groups is 1. The van der Waals surface area contributed by atoms with Gasteiger partial charge in [0.15, 0.2) is 10.9 Å². The molecule has 0 saturated heterocycles. The summed E-state index contributed by atoms with van der Waals surface area (Å²) in [6.07, 6.45) is 11.8. The number of hydrogen-bond donors (Lipinski definition) is 1. The second-order valence-electron chi connectivity index (χ2n) is 11.0. The van der Waals surface area contributed by atoms with E-state index in [9.17, 15) is 13.2 Å². The second-order valence-corrected chi connectivity index (χ2v) is 14.2. The van der Waals surface area contributed by atoms with Crippen LogP contribution in [0.5, 0.6) is 0 Å². The summed E-state index contributed by atoms with van der Waals surface area (Å²) < 4.78 is 29.8. The van der Waals surface area contributed by atoms with Crippen LogP contribution in [0.1, 0.15) is 85.8 Å². The lowest BCUT2D eigenvalue weighted by Gasteiger charge is -2.40. The summed E-state index contributed by atoms with van der Waals surface area (Å²) in [5.74, 6) is 0.195. The fourth-order valence-electron chi connectivity index (χ4n) is 5.88. The van der Waals surface area contributed by atoms with E-state index < -0.39 is 15.9 Å². The smallest absolute Gasteiger partial charge is 0.275 e. The Balaban J connectivity index is 1.29. The molecule has 7 nitrogen and oxygen atoms in total. The van der Waals surface area contributed by atoms with Gasteiger partial charge in [-0.25, -0.2) is 18.4 Å². The zero-order valence-corrected chi connectivity index (χ0v) is 25.8. The molecular weight excluding hydrogens is 576 g/mol. The number of amides is 1. The maximum absolute atomic E-state index is 14.0. The molecule has 10 heteroatoms. The van der Waals surface area contributed by atoms with Gasteiger partial charge in [0.1, 0.15) is 0 Å². The number of benzene rings is 2. The molecule has 41 heavy (non-hydrogen) atoms. The van der Waals surface area contributed by atoms with Gasteiger partial charge in [0.2, 0.25) is 10.0 Å². The van der Waals surface area contributed by atoms with Crippen LogP contribution < -0.4 is 5.32 Å². The summed E-state index contributed by atoms with van der Waals surface area (Å²) in [5, 5.41) is 3.42. The Labute approximate surface area is 252 Å². The molecule has 218 valence electrons. The van der Waals surface area contributed by atoms with Crippen LogP contribution in [0, 0.1) is 6.92 Å². The van der Waals surface area contributed by atoms with Crippen LogP contribution in [0.25, 0.3) is 0 Å².